The molecule has 7 heteroatoms. The molecule has 6 nitrogen and oxygen atoms in total. The lowest BCUT2D eigenvalue weighted by atomic mass is 9.49. The first kappa shape index (κ1) is 21.2. The molecule has 0 heterocycles. The number of rotatable bonds is 7. The second-order valence-corrected chi connectivity index (χ2v) is 10.6. The summed E-state index contributed by atoms with van der Waals surface area (Å²) in [6.07, 6.45) is 8.10. The van der Waals surface area contributed by atoms with Crippen LogP contribution in [0.3, 0.4) is 0 Å². The van der Waals surface area contributed by atoms with Gasteiger partial charge in [0.2, 0.25) is 17.7 Å². The predicted molar refractivity (Wildman–Crippen MR) is 119 cm³/mol. The van der Waals surface area contributed by atoms with E-state index in [1.807, 2.05) is 31.2 Å². The van der Waals surface area contributed by atoms with Gasteiger partial charge in [-0.25, -0.2) is 0 Å². The minimum atomic E-state index is -0.290. The highest BCUT2D eigenvalue weighted by molar-refractivity contribution is 8.00. The normalized spacial score (nSPS) is 28.8. The zero-order valence-electron chi connectivity index (χ0n) is 17.5. The lowest BCUT2D eigenvalue weighted by Gasteiger charge is -2.56. The van der Waals surface area contributed by atoms with Crippen LogP contribution >= 0.6 is 11.8 Å². The van der Waals surface area contributed by atoms with Gasteiger partial charge in [0, 0.05) is 12.1 Å². The summed E-state index contributed by atoms with van der Waals surface area (Å²) in [5.74, 6) is 2.20. The molecule has 1 aromatic carbocycles. The van der Waals surface area contributed by atoms with Gasteiger partial charge >= 0.3 is 0 Å². The molecule has 3 N–H and O–H groups in total. The highest BCUT2D eigenvalue weighted by Crippen LogP contribution is 2.61. The predicted octanol–water partition coefficient (Wildman–Crippen LogP) is 3.42. The molecule has 4 fully saturated rings. The molecule has 0 atom stereocenters. The van der Waals surface area contributed by atoms with Crippen molar-refractivity contribution in [1.29, 1.82) is 0 Å². The van der Waals surface area contributed by atoms with Crippen molar-refractivity contribution in [3.05, 3.63) is 29.8 Å². The third-order valence-corrected chi connectivity index (χ3v) is 7.74. The van der Waals surface area contributed by atoms with Crippen molar-refractivity contribution in [2.75, 3.05) is 16.8 Å². The standard InChI is InChI=1S/C23H31N3O3S/c1-15-3-2-4-19(5-15)24-21(28)13-30-14-22(29)26-25-20(27)12-23-9-16-6-17(10-23)8-18(7-16)11-23/h2-5,16-18H,6-14H2,1H3,(H,24,28)(H,25,27)(H,26,29). The molecular weight excluding hydrogens is 398 g/mol. The minimum absolute atomic E-state index is 0.0903. The van der Waals surface area contributed by atoms with Crippen molar-refractivity contribution in [1.82, 2.24) is 10.9 Å². The van der Waals surface area contributed by atoms with Crippen LogP contribution in [0.15, 0.2) is 24.3 Å². The number of nitrogens with one attached hydrogen (secondary N) is 3. The number of benzene rings is 1. The molecule has 0 unspecified atom stereocenters. The maximum absolute atomic E-state index is 12.4. The average Bonchev–Trinajstić information content (AvgIpc) is 2.65. The van der Waals surface area contributed by atoms with Gasteiger partial charge in [-0.05, 0) is 86.3 Å². The van der Waals surface area contributed by atoms with E-state index in [0.29, 0.717) is 6.42 Å². The fourth-order valence-corrected chi connectivity index (χ4v) is 6.84. The molecule has 3 amide bonds. The summed E-state index contributed by atoms with van der Waals surface area (Å²) >= 11 is 1.22. The number of carbonyl (C=O) groups is 3. The molecule has 1 aromatic rings. The molecule has 30 heavy (non-hydrogen) atoms. The topological polar surface area (TPSA) is 87.3 Å². The van der Waals surface area contributed by atoms with Crippen molar-refractivity contribution < 1.29 is 14.4 Å². The molecule has 0 aromatic heterocycles. The largest absolute Gasteiger partial charge is 0.325 e. The van der Waals surface area contributed by atoms with Crippen LogP contribution < -0.4 is 16.2 Å². The molecule has 0 spiro atoms. The molecule has 162 valence electrons. The van der Waals surface area contributed by atoms with Gasteiger partial charge in [-0.2, -0.15) is 0 Å². The number of aryl methyl sites for hydroxylation is 1. The number of hydrazine groups is 1. The van der Waals surface area contributed by atoms with E-state index in [9.17, 15) is 14.4 Å². The first-order valence-corrected chi connectivity index (χ1v) is 12.1. The monoisotopic (exact) mass is 429 g/mol. The Balaban J connectivity index is 1.13. The number of hydrogen-bond donors (Lipinski definition) is 3. The summed E-state index contributed by atoms with van der Waals surface area (Å²) in [5, 5.41) is 2.82. The molecule has 4 aliphatic rings. The Morgan fingerprint density at radius 1 is 0.933 bits per heavy atom. The molecule has 0 aliphatic heterocycles. The van der Waals surface area contributed by atoms with Crippen LogP contribution in [0, 0.1) is 30.1 Å². The summed E-state index contributed by atoms with van der Waals surface area (Å²) in [5.41, 5.74) is 7.08. The molecule has 5 rings (SSSR count). The third-order valence-electron chi connectivity index (χ3n) is 6.81. The molecule has 0 radical (unpaired) electrons. The van der Waals surface area contributed by atoms with E-state index in [0.717, 1.165) is 29.0 Å². The van der Waals surface area contributed by atoms with Crippen LogP contribution in [0.1, 0.15) is 50.5 Å². The molecular formula is C23H31N3O3S. The smallest absolute Gasteiger partial charge is 0.248 e. The quantitative estimate of drug-likeness (QED) is 0.580. The zero-order valence-corrected chi connectivity index (χ0v) is 18.4. The fraction of sp³-hybridized carbons (Fsp3) is 0.609. The SMILES string of the molecule is Cc1cccc(NC(=O)CSCC(=O)NNC(=O)CC23CC4CC(CC(C4)C2)C3)c1. The van der Waals surface area contributed by atoms with E-state index < -0.39 is 0 Å². The number of hydrogen-bond acceptors (Lipinski definition) is 4. The summed E-state index contributed by atoms with van der Waals surface area (Å²) in [4.78, 5) is 36.5. The van der Waals surface area contributed by atoms with Crippen LogP contribution in [0.5, 0.6) is 0 Å². The van der Waals surface area contributed by atoms with Crippen molar-refractivity contribution >= 4 is 35.2 Å². The van der Waals surface area contributed by atoms with Crippen molar-refractivity contribution in [3.8, 4) is 0 Å². The van der Waals surface area contributed by atoms with Gasteiger partial charge < -0.3 is 5.32 Å². The Hall–Kier alpha value is -2.02. The third kappa shape index (κ3) is 5.36. The lowest BCUT2D eigenvalue weighted by molar-refractivity contribution is -0.133. The van der Waals surface area contributed by atoms with Gasteiger partial charge in [-0.3, -0.25) is 25.2 Å². The van der Waals surface area contributed by atoms with Gasteiger partial charge in [0.05, 0.1) is 11.5 Å². The first-order chi connectivity index (χ1) is 14.4. The zero-order chi connectivity index (χ0) is 21.1. The summed E-state index contributed by atoms with van der Waals surface area (Å²) in [6.45, 7) is 1.96. The van der Waals surface area contributed by atoms with E-state index >= 15 is 0 Å². The Labute approximate surface area is 182 Å². The molecule has 4 aliphatic carbocycles. The van der Waals surface area contributed by atoms with Crippen LogP contribution in [0.4, 0.5) is 5.69 Å². The van der Waals surface area contributed by atoms with Gasteiger partial charge in [0.1, 0.15) is 0 Å². The number of amides is 3. The Kier molecular flexibility index (Phi) is 6.37. The average molecular weight is 430 g/mol. The van der Waals surface area contributed by atoms with E-state index in [1.54, 1.807) is 0 Å². The second kappa shape index (κ2) is 9.00. The maximum Gasteiger partial charge on any atom is 0.248 e. The molecule has 0 saturated heterocycles. The van der Waals surface area contributed by atoms with Gasteiger partial charge in [0.25, 0.3) is 0 Å². The Bertz CT molecular complexity index is 790. The van der Waals surface area contributed by atoms with E-state index in [-0.39, 0.29) is 34.6 Å². The number of anilines is 1. The number of carbonyl (C=O) groups excluding carboxylic acids is 3. The fourth-order valence-electron chi connectivity index (χ4n) is 6.22. The van der Waals surface area contributed by atoms with Crippen LogP contribution in [0.2, 0.25) is 0 Å². The highest BCUT2D eigenvalue weighted by Gasteiger charge is 2.51. The van der Waals surface area contributed by atoms with Crippen molar-refractivity contribution in [2.24, 2.45) is 23.2 Å². The van der Waals surface area contributed by atoms with Crippen molar-refractivity contribution in [2.45, 2.75) is 51.9 Å². The highest BCUT2D eigenvalue weighted by atomic mass is 32.2. The van der Waals surface area contributed by atoms with Crippen LogP contribution in [-0.4, -0.2) is 29.2 Å². The number of thioether (sulfide) groups is 1. The van der Waals surface area contributed by atoms with Gasteiger partial charge in [0.15, 0.2) is 0 Å². The summed E-state index contributed by atoms with van der Waals surface area (Å²) in [6, 6.07) is 7.58. The molecule has 4 bridgehead atoms. The first-order valence-electron chi connectivity index (χ1n) is 10.9. The Morgan fingerprint density at radius 3 is 2.17 bits per heavy atom. The maximum atomic E-state index is 12.4. The van der Waals surface area contributed by atoms with E-state index in [2.05, 4.69) is 16.2 Å². The van der Waals surface area contributed by atoms with E-state index in [4.69, 9.17) is 0 Å². The van der Waals surface area contributed by atoms with Gasteiger partial charge in [-0.15, -0.1) is 11.8 Å². The van der Waals surface area contributed by atoms with Gasteiger partial charge in [-0.1, -0.05) is 12.1 Å². The molecule has 4 saturated carbocycles. The minimum Gasteiger partial charge on any atom is -0.325 e. The lowest BCUT2D eigenvalue weighted by Crippen LogP contribution is -2.50. The van der Waals surface area contributed by atoms with Crippen LogP contribution in [-0.2, 0) is 14.4 Å². The Morgan fingerprint density at radius 2 is 1.53 bits per heavy atom. The summed E-state index contributed by atoms with van der Waals surface area (Å²) in [7, 11) is 0. The summed E-state index contributed by atoms with van der Waals surface area (Å²) < 4.78 is 0. The second-order valence-electron chi connectivity index (χ2n) is 9.60. The van der Waals surface area contributed by atoms with E-state index in [1.165, 1.54) is 50.3 Å². The van der Waals surface area contributed by atoms with Crippen molar-refractivity contribution in [3.63, 3.8) is 0 Å². The van der Waals surface area contributed by atoms with Crippen LogP contribution in [0.25, 0.3) is 0 Å².